The number of benzene rings is 1. The van der Waals surface area contributed by atoms with Crippen LogP contribution in [-0.2, 0) is 19.4 Å². The van der Waals surface area contributed by atoms with Gasteiger partial charge < -0.3 is 10.6 Å². The van der Waals surface area contributed by atoms with Crippen LogP contribution >= 0.6 is 0 Å². The second kappa shape index (κ2) is 6.06. The standard InChI is InChI=1S/C17H19N3O/c18-11-13-5-6-16(19-12-13)17(21)20-9-7-14-3-1-2-4-15(14)8-10-20/h1-6,12H,7-11,18H2. The van der Waals surface area contributed by atoms with E-state index in [0.717, 1.165) is 31.5 Å². The van der Waals surface area contributed by atoms with Gasteiger partial charge in [-0.1, -0.05) is 30.3 Å². The van der Waals surface area contributed by atoms with Gasteiger partial charge in [0.05, 0.1) is 0 Å². The average molecular weight is 281 g/mol. The van der Waals surface area contributed by atoms with Crippen LogP contribution in [0.25, 0.3) is 0 Å². The zero-order valence-corrected chi connectivity index (χ0v) is 12.0. The molecule has 0 fully saturated rings. The van der Waals surface area contributed by atoms with Crippen LogP contribution in [0.3, 0.4) is 0 Å². The third-order valence-corrected chi connectivity index (χ3v) is 3.99. The Kier molecular flexibility index (Phi) is 3.97. The number of hydrogen-bond donors (Lipinski definition) is 1. The maximum atomic E-state index is 12.5. The molecule has 0 aliphatic carbocycles. The zero-order chi connectivity index (χ0) is 14.7. The third-order valence-electron chi connectivity index (χ3n) is 3.99. The highest BCUT2D eigenvalue weighted by Gasteiger charge is 2.20. The van der Waals surface area contributed by atoms with E-state index in [1.807, 2.05) is 11.0 Å². The van der Waals surface area contributed by atoms with Crippen molar-refractivity contribution in [1.82, 2.24) is 9.88 Å². The molecule has 1 aromatic carbocycles. The number of nitrogens with two attached hydrogens (primary N) is 1. The molecule has 0 bridgehead atoms. The van der Waals surface area contributed by atoms with Crippen LogP contribution in [0.5, 0.6) is 0 Å². The summed E-state index contributed by atoms with van der Waals surface area (Å²) in [6, 6.07) is 12.1. The molecule has 1 aromatic heterocycles. The first kappa shape index (κ1) is 13.8. The second-order valence-electron chi connectivity index (χ2n) is 5.32. The van der Waals surface area contributed by atoms with Crippen LogP contribution in [0.4, 0.5) is 0 Å². The number of nitrogens with zero attached hydrogens (tertiary/aromatic N) is 2. The van der Waals surface area contributed by atoms with Gasteiger partial charge in [-0.3, -0.25) is 9.78 Å². The first-order valence-corrected chi connectivity index (χ1v) is 7.29. The molecule has 1 aliphatic rings. The monoisotopic (exact) mass is 281 g/mol. The Morgan fingerprint density at radius 2 is 1.76 bits per heavy atom. The predicted octanol–water partition coefficient (Wildman–Crippen LogP) is 1.78. The smallest absolute Gasteiger partial charge is 0.272 e. The van der Waals surface area contributed by atoms with Crippen LogP contribution in [0.15, 0.2) is 42.6 Å². The third kappa shape index (κ3) is 2.95. The molecular weight excluding hydrogens is 262 g/mol. The zero-order valence-electron chi connectivity index (χ0n) is 12.0. The van der Waals surface area contributed by atoms with Gasteiger partial charge in [0.2, 0.25) is 0 Å². The van der Waals surface area contributed by atoms with Crippen molar-refractivity contribution in [2.75, 3.05) is 13.1 Å². The summed E-state index contributed by atoms with van der Waals surface area (Å²) < 4.78 is 0. The minimum absolute atomic E-state index is 0.00591. The molecule has 1 amide bonds. The van der Waals surface area contributed by atoms with E-state index < -0.39 is 0 Å². The summed E-state index contributed by atoms with van der Waals surface area (Å²) in [5, 5.41) is 0. The molecule has 2 aromatic rings. The van der Waals surface area contributed by atoms with E-state index in [-0.39, 0.29) is 5.91 Å². The Balaban J connectivity index is 1.74. The fourth-order valence-electron chi connectivity index (χ4n) is 2.70. The average Bonchev–Trinajstić information content (AvgIpc) is 2.77. The highest BCUT2D eigenvalue weighted by atomic mass is 16.2. The van der Waals surface area contributed by atoms with Gasteiger partial charge >= 0.3 is 0 Å². The normalized spacial score (nSPS) is 14.4. The molecule has 4 heteroatoms. The summed E-state index contributed by atoms with van der Waals surface area (Å²) in [5.41, 5.74) is 9.68. The van der Waals surface area contributed by atoms with Crippen molar-refractivity contribution in [2.24, 2.45) is 5.73 Å². The summed E-state index contributed by atoms with van der Waals surface area (Å²) in [5.74, 6) is 0.00591. The SMILES string of the molecule is NCc1ccc(C(=O)N2CCc3ccccc3CC2)nc1. The first-order valence-electron chi connectivity index (χ1n) is 7.29. The van der Waals surface area contributed by atoms with E-state index >= 15 is 0 Å². The van der Waals surface area contributed by atoms with Crippen molar-refractivity contribution in [2.45, 2.75) is 19.4 Å². The van der Waals surface area contributed by atoms with Gasteiger partial charge in [0.25, 0.3) is 5.91 Å². The number of amides is 1. The van der Waals surface area contributed by atoms with Crippen molar-refractivity contribution in [3.8, 4) is 0 Å². The molecule has 0 saturated carbocycles. The molecule has 0 saturated heterocycles. The number of pyridine rings is 1. The minimum atomic E-state index is 0.00591. The number of rotatable bonds is 2. The number of fused-ring (bicyclic) bond motifs is 1. The summed E-state index contributed by atoms with van der Waals surface area (Å²) >= 11 is 0. The Morgan fingerprint density at radius 3 is 2.29 bits per heavy atom. The van der Waals surface area contributed by atoms with Crippen molar-refractivity contribution in [3.63, 3.8) is 0 Å². The largest absolute Gasteiger partial charge is 0.337 e. The molecular formula is C17H19N3O. The van der Waals surface area contributed by atoms with Gasteiger partial charge in [-0.15, -0.1) is 0 Å². The van der Waals surface area contributed by atoms with Gasteiger partial charge in [-0.25, -0.2) is 0 Å². The summed E-state index contributed by atoms with van der Waals surface area (Å²) in [4.78, 5) is 18.7. The molecule has 1 aliphatic heterocycles. The highest BCUT2D eigenvalue weighted by Crippen LogP contribution is 2.16. The van der Waals surface area contributed by atoms with Crippen molar-refractivity contribution in [1.29, 1.82) is 0 Å². The summed E-state index contributed by atoms with van der Waals surface area (Å²) in [7, 11) is 0. The number of aromatic nitrogens is 1. The lowest BCUT2D eigenvalue weighted by atomic mass is 10.0. The molecule has 4 nitrogen and oxygen atoms in total. The van der Waals surface area contributed by atoms with Crippen molar-refractivity contribution >= 4 is 5.91 Å². The van der Waals surface area contributed by atoms with Crippen molar-refractivity contribution in [3.05, 3.63) is 65.0 Å². The van der Waals surface area contributed by atoms with Gasteiger partial charge in [0.1, 0.15) is 5.69 Å². The number of carbonyl (C=O) groups is 1. The Bertz CT molecular complexity index is 610. The fraction of sp³-hybridized carbons (Fsp3) is 0.294. The molecule has 3 rings (SSSR count). The van der Waals surface area contributed by atoms with Crippen LogP contribution < -0.4 is 5.73 Å². The minimum Gasteiger partial charge on any atom is -0.337 e. The Hall–Kier alpha value is -2.20. The fourth-order valence-corrected chi connectivity index (χ4v) is 2.70. The maximum Gasteiger partial charge on any atom is 0.272 e. The molecule has 0 radical (unpaired) electrons. The predicted molar refractivity (Wildman–Crippen MR) is 81.9 cm³/mol. The lowest BCUT2D eigenvalue weighted by Gasteiger charge is -2.19. The van der Waals surface area contributed by atoms with Crippen LogP contribution in [0.2, 0.25) is 0 Å². The van der Waals surface area contributed by atoms with Gasteiger partial charge in [0, 0.05) is 25.8 Å². The van der Waals surface area contributed by atoms with Gasteiger partial charge in [0.15, 0.2) is 0 Å². The molecule has 2 heterocycles. The van der Waals surface area contributed by atoms with E-state index in [2.05, 4.69) is 29.2 Å². The van der Waals surface area contributed by atoms with Gasteiger partial charge in [-0.05, 0) is 35.6 Å². The molecule has 108 valence electrons. The summed E-state index contributed by atoms with van der Waals surface area (Å²) in [6.07, 6.45) is 3.49. The molecule has 0 unspecified atom stereocenters. The van der Waals surface area contributed by atoms with Gasteiger partial charge in [-0.2, -0.15) is 0 Å². The van der Waals surface area contributed by atoms with E-state index in [1.54, 1.807) is 12.3 Å². The molecule has 0 atom stereocenters. The number of hydrogen-bond acceptors (Lipinski definition) is 3. The van der Waals surface area contributed by atoms with Crippen LogP contribution in [0, 0.1) is 0 Å². The van der Waals surface area contributed by atoms with Crippen LogP contribution in [0.1, 0.15) is 27.2 Å². The quantitative estimate of drug-likeness (QED) is 0.913. The van der Waals surface area contributed by atoms with E-state index in [1.165, 1.54) is 11.1 Å². The van der Waals surface area contributed by atoms with E-state index in [9.17, 15) is 4.79 Å². The van der Waals surface area contributed by atoms with E-state index in [4.69, 9.17) is 5.73 Å². The Labute approximate surface area is 124 Å². The van der Waals surface area contributed by atoms with Crippen LogP contribution in [-0.4, -0.2) is 28.9 Å². The lowest BCUT2D eigenvalue weighted by molar-refractivity contribution is 0.0757. The van der Waals surface area contributed by atoms with E-state index in [0.29, 0.717) is 12.2 Å². The lowest BCUT2D eigenvalue weighted by Crippen LogP contribution is -2.33. The second-order valence-corrected chi connectivity index (χ2v) is 5.32. The highest BCUT2D eigenvalue weighted by molar-refractivity contribution is 5.92. The maximum absolute atomic E-state index is 12.5. The first-order chi connectivity index (χ1) is 10.3. The summed E-state index contributed by atoms with van der Waals surface area (Å²) in [6.45, 7) is 1.94. The Morgan fingerprint density at radius 1 is 1.10 bits per heavy atom. The topological polar surface area (TPSA) is 59.2 Å². The number of carbonyl (C=O) groups excluding carboxylic acids is 1. The molecule has 2 N–H and O–H groups in total. The molecule has 0 spiro atoms. The van der Waals surface area contributed by atoms with Crippen molar-refractivity contribution < 1.29 is 4.79 Å². The molecule has 21 heavy (non-hydrogen) atoms.